The molecule has 1 saturated heterocycles. The lowest BCUT2D eigenvalue weighted by Crippen LogP contribution is -2.48. The van der Waals surface area contributed by atoms with Crippen molar-refractivity contribution in [2.75, 3.05) is 37.7 Å². The summed E-state index contributed by atoms with van der Waals surface area (Å²) in [6.45, 7) is 9.47. The fourth-order valence-electron chi connectivity index (χ4n) is 4.98. The van der Waals surface area contributed by atoms with Crippen LogP contribution in [0, 0.1) is 0 Å². The van der Waals surface area contributed by atoms with Crippen molar-refractivity contribution in [3.63, 3.8) is 0 Å². The minimum Gasteiger partial charge on any atom is -0.508 e. The van der Waals surface area contributed by atoms with Crippen LogP contribution >= 0.6 is 0 Å². The van der Waals surface area contributed by atoms with Crippen molar-refractivity contribution in [1.82, 2.24) is 4.90 Å². The van der Waals surface area contributed by atoms with E-state index in [2.05, 4.69) is 78.2 Å². The molecular weight excluding hydrogens is 408 g/mol. The molecule has 0 amide bonds. The Hall–Kier alpha value is -3.24. The van der Waals surface area contributed by atoms with E-state index in [1.165, 1.54) is 28.0 Å². The fraction of sp³-hybridized carbons (Fsp3) is 0.310. The van der Waals surface area contributed by atoms with Crippen LogP contribution in [0.25, 0.3) is 11.1 Å². The molecule has 0 saturated carbocycles. The van der Waals surface area contributed by atoms with E-state index in [1.54, 1.807) is 12.1 Å². The molecule has 4 nitrogen and oxygen atoms in total. The van der Waals surface area contributed by atoms with Crippen molar-refractivity contribution < 1.29 is 9.84 Å². The van der Waals surface area contributed by atoms with Crippen molar-refractivity contribution in [2.45, 2.75) is 26.3 Å². The smallest absolute Gasteiger partial charge is 0.130 e. The van der Waals surface area contributed by atoms with Gasteiger partial charge in [-0.15, -0.1) is 0 Å². The third-order valence-electron chi connectivity index (χ3n) is 6.83. The quantitative estimate of drug-likeness (QED) is 0.568. The molecule has 2 heterocycles. The third-order valence-corrected chi connectivity index (χ3v) is 6.83. The molecule has 170 valence electrons. The number of nitrogens with zero attached hydrogens (tertiary/aromatic N) is 2. The van der Waals surface area contributed by atoms with Gasteiger partial charge in [0, 0.05) is 56.0 Å². The Morgan fingerprint density at radius 2 is 1.55 bits per heavy atom. The van der Waals surface area contributed by atoms with Crippen LogP contribution in [0.3, 0.4) is 0 Å². The maximum Gasteiger partial charge on any atom is 0.130 e. The number of hydrogen-bond acceptors (Lipinski definition) is 4. The molecule has 1 fully saturated rings. The van der Waals surface area contributed by atoms with Gasteiger partial charge in [0.15, 0.2) is 0 Å². The van der Waals surface area contributed by atoms with E-state index in [-0.39, 0.29) is 5.75 Å². The number of benzene rings is 3. The predicted octanol–water partition coefficient (Wildman–Crippen LogP) is 5.66. The standard InChI is InChI=1S/C29H32N2O2/c1-21(2)30-15-17-31(18-16-30)24-10-8-23(9-11-24)29-26(22-6-4-3-5-7-22)14-19-33-28-20-25(32)12-13-27(28)29/h3-13,20-21,32H,14-19H2,1-2H3. The van der Waals surface area contributed by atoms with Crippen LogP contribution in [0.2, 0.25) is 0 Å². The van der Waals surface area contributed by atoms with Crippen molar-refractivity contribution in [1.29, 1.82) is 0 Å². The van der Waals surface area contributed by atoms with Crippen LogP contribution in [0.4, 0.5) is 5.69 Å². The second kappa shape index (κ2) is 9.32. The summed E-state index contributed by atoms with van der Waals surface area (Å²) >= 11 is 0. The Labute approximate surface area is 196 Å². The summed E-state index contributed by atoms with van der Waals surface area (Å²) in [5.74, 6) is 0.969. The van der Waals surface area contributed by atoms with Gasteiger partial charge in [-0.25, -0.2) is 0 Å². The van der Waals surface area contributed by atoms with Gasteiger partial charge in [-0.3, -0.25) is 4.90 Å². The lowest BCUT2D eigenvalue weighted by atomic mass is 9.88. The molecule has 5 rings (SSSR count). The zero-order valence-electron chi connectivity index (χ0n) is 19.5. The molecule has 0 atom stereocenters. The Morgan fingerprint density at radius 1 is 0.818 bits per heavy atom. The van der Waals surface area contributed by atoms with E-state index >= 15 is 0 Å². The van der Waals surface area contributed by atoms with E-state index in [9.17, 15) is 5.11 Å². The number of phenols is 1. The predicted molar refractivity (Wildman–Crippen MR) is 136 cm³/mol. The van der Waals surface area contributed by atoms with E-state index in [1.807, 2.05) is 6.07 Å². The van der Waals surface area contributed by atoms with Gasteiger partial charge in [0.25, 0.3) is 0 Å². The highest BCUT2D eigenvalue weighted by molar-refractivity contribution is 6.00. The molecule has 3 aromatic rings. The topological polar surface area (TPSA) is 35.9 Å². The Morgan fingerprint density at radius 3 is 2.24 bits per heavy atom. The van der Waals surface area contributed by atoms with Gasteiger partial charge in [-0.05, 0) is 60.4 Å². The summed E-state index contributed by atoms with van der Waals surface area (Å²) in [4.78, 5) is 5.02. The minimum atomic E-state index is 0.229. The van der Waals surface area contributed by atoms with Crippen molar-refractivity contribution in [3.05, 3.63) is 89.5 Å². The van der Waals surface area contributed by atoms with Gasteiger partial charge in [0.2, 0.25) is 0 Å². The number of aromatic hydroxyl groups is 1. The van der Waals surface area contributed by atoms with Gasteiger partial charge < -0.3 is 14.7 Å². The normalized spacial score (nSPS) is 17.0. The summed E-state index contributed by atoms with van der Waals surface area (Å²) in [7, 11) is 0. The van der Waals surface area contributed by atoms with Crippen molar-refractivity contribution in [2.24, 2.45) is 0 Å². The monoisotopic (exact) mass is 440 g/mol. The Kier molecular flexibility index (Phi) is 6.10. The highest BCUT2D eigenvalue weighted by Crippen LogP contribution is 2.42. The fourth-order valence-corrected chi connectivity index (χ4v) is 4.98. The first-order chi connectivity index (χ1) is 16.1. The van der Waals surface area contributed by atoms with Crippen LogP contribution < -0.4 is 9.64 Å². The van der Waals surface area contributed by atoms with Crippen LogP contribution in [0.15, 0.2) is 72.8 Å². The number of anilines is 1. The molecule has 0 aliphatic carbocycles. The van der Waals surface area contributed by atoms with E-state index < -0.39 is 0 Å². The number of rotatable bonds is 4. The molecule has 0 aromatic heterocycles. The van der Waals surface area contributed by atoms with Crippen molar-refractivity contribution >= 4 is 16.8 Å². The van der Waals surface area contributed by atoms with Crippen LogP contribution in [-0.4, -0.2) is 48.8 Å². The Bertz CT molecular complexity index is 1130. The highest BCUT2D eigenvalue weighted by Gasteiger charge is 2.23. The van der Waals surface area contributed by atoms with E-state index in [0.717, 1.165) is 43.9 Å². The summed E-state index contributed by atoms with van der Waals surface area (Å²) < 4.78 is 6.07. The molecule has 0 radical (unpaired) electrons. The summed E-state index contributed by atoms with van der Waals surface area (Å²) in [6, 6.07) is 25.6. The molecule has 0 unspecified atom stereocenters. The van der Waals surface area contributed by atoms with Gasteiger partial charge in [-0.1, -0.05) is 42.5 Å². The van der Waals surface area contributed by atoms with Crippen molar-refractivity contribution in [3.8, 4) is 11.5 Å². The number of ether oxygens (including phenoxy) is 1. The van der Waals surface area contributed by atoms with Crippen LogP contribution in [0.1, 0.15) is 37.0 Å². The number of phenolic OH excluding ortho intramolecular Hbond substituents is 1. The lowest BCUT2D eigenvalue weighted by molar-refractivity contribution is 0.209. The summed E-state index contributed by atoms with van der Waals surface area (Å²) in [5, 5.41) is 10.0. The minimum absolute atomic E-state index is 0.229. The van der Waals surface area contributed by atoms with Gasteiger partial charge in [0.05, 0.1) is 6.61 Å². The average Bonchev–Trinajstić information content (AvgIpc) is 3.04. The molecule has 3 aromatic carbocycles. The molecular formula is C29H32N2O2. The molecule has 0 bridgehead atoms. The number of hydrogen-bond donors (Lipinski definition) is 1. The van der Waals surface area contributed by atoms with Crippen LogP contribution in [-0.2, 0) is 0 Å². The second-order valence-electron chi connectivity index (χ2n) is 9.16. The first-order valence-electron chi connectivity index (χ1n) is 11.9. The number of piperazine rings is 1. The first kappa shape index (κ1) is 21.6. The summed E-state index contributed by atoms with van der Waals surface area (Å²) in [5.41, 5.74) is 7.16. The molecule has 1 N–H and O–H groups in total. The zero-order chi connectivity index (χ0) is 22.8. The molecule has 33 heavy (non-hydrogen) atoms. The Balaban J connectivity index is 1.53. The van der Waals surface area contributed by atoms with E-state index in [0.29, 0.717) is 12.6 Å². The van der Waals surface area contributed by atoms with Gasteiger partial charge >= 0.3 is 0 Å². The number of fused-ring (bicyclic) bond motifs is 1. The van der Waals surface area contributed by atoms with Gasteiger partial charge in [-0.2, -0.15) is 0 Å². The SMILES string of the molecule is CC(C)N1CCN(c2ccc(C3=C(c4ccccc4)CCOc4cc(O)ccc43)cc2)CC1. The maximum atomic E-state index is 10.0. The van der Waals surface area contributed by atoms with Gasteiger partial charge in [0.1, 0.15) is 11.5 Å². The van der Waals surface area contributed by atoms with Crippen LogP contribution in [0.5, 0.6) is 11.5 Å². The second-order valence-corrected chi connectivity index (χ2v) is 9.16. The third kappa shape index (κ3) is 4.49. The highest BCUT2D eigenvalue weighted by atomic mass is 16.5. The maximum absolute atomic E-state index is 10.0. The summed E-state index contributed by atoms with van der Waals surface area (Å²) in [6.07, 6.45) is 0.813. The lowest BCUT2D eigenvalue weighted by Gasteiger charge is -2.38. The largest absolute Gasteiger partial charge is 0.508 e. The molecule has 0 spiro atoms. The molecule has 2 aliphatic heterocycles. The molecule has 2 aliphatic rings. The molecule has 4 heteroatoms. The first-order valence-corrected chi connectivity index (χ1v) is 11.9. The average molecular weight is 441 g/mol. The zero-order valence-corrected chi connectivity index (χ0v) is 19.5. The van der Waals surface area contributed by atoms with E-state index in [4.69, 9.17) is 4.74 Å².